The summed E-state index contributed by atoms with van der Waals surface area (Å²) in [4.78, 5) is 11.7. The molecule has 2 rings (SSSR count). The Balaban J connectivity index is 2.31. The third-order valence-electron chi connectivity index (χ3n) is 2.25. The Bertz CT molecular complexity index is 658. The van der Waals surface area contributed by atoms with Crippen LogP contribution >= 0.6 is 43.5 Å². The number of nitrogens with zero attached hydrogens (tertiary/aromatic N) is 3. The third kappa shape index (κ3) is 4.18. The van der Waals surface area contributed by atoms with E-state index < -0.39 is 0 Å². The lowest BCUT2D eigenvalue weighted by Gasteiger charge is -2.10. The van der Waals surface area contributed by atoms with Gasteiger partial charge >= 0.3 is 12.0 Å². The highest BCUT2D eigenvalue weighted by atomic mass is 79.9. The highest BCUT2D eigenvalue weighted by molar-refractivity contribution is 9.11. The Labute approximate surface area is 143 Å². The van der Waals surface area contributed by atoms with E-state index in [0.29, 0.717) is 22.6 Å². The molecule has 0 aliphatic rings. The maximum absolute atomic E-state index is 5.81. The zero-order valence-electron chi connectivity index (χ0n) is 11.1. The average Bonchev–Trinajstić information content (AvgIpc) is 2.42. The zero-order chi connectivity index (χ0) is 15.4. The van der Waals surface area contributed by atoms with Crippen LogP contribution in [0.4, 0.5) is 0 Å². The third-order valence-corrected chi connectivity index (χ3v) is 3.66. The first kappa shape index (κ1) is 16.3. The highest BCUT2D eigenvalue weighted by Gasteiger charge is 2.13. The van der Waals surface area contributed by atoms with Gasteiger partial charge in [-0.3, -0.25) is 0 Å². The van der Waals surface area contributed by atoms with Crippen molar-refractivity contribution in [1.82, 2.24) is 15.0 Å². The van der Waals surface area contributed by atoms with Crippen molar-refractivity contribution in [2.45, 2.75) is 6.92 Å². The van der Waals surface area contributed by atoms with Crippen molar-refractivity contribution in [3.05, 3.63) is 26.4 Å². The van der Waals surface area contributed by atoms with Crippen molar-refractivity contribution < 1.29 is 14.2 Å². The molecule has 0 saturated carbocycles. The minimum absolute atomic E-state index is 0.00727. The summed E-state index contributed by atoms with van der Waals surface area (Å²) in [6.45, 7) is 2.23. The molecule has 1 aromatic carbocycles. The molecule has 0 radical (unpaired) electrons. The first-order valence-electron chi connectivity index (χ1n) is 5.78. The van der Waals surface area contributed by atoms with Crippen LogP contribution in [0.3, 0.4) is 0 Å². The van der Waals surface area contributed by atoms with Crippen LogP contribution in [-0.4, -0.2) is 28.7 Å². The number of ether oxygens (including phenoxy) is 3. The molecule has 0 N–H and O–H groups in total. The summed E-state index contributed by atoms with van der Waals surface area (Å²) in [5.74, 6) is 1.16. The average molecular weight is 439 g/mol. The van der Waals surface area contributed by atoms with Gasteiger partial charge in [0, 0.05) is 6.07 Å². The van der Waals surface area contributed by atoms with Crippen molar-refractivity contribution in [3.63, 3.8) is 0 Å². The molecule has 0 saturated heterocycles. The van der Waals surface area contributed by atoms with Gasteiger partial charge in [0.1, 0.15) is 11.5 Å². The molecule has 0 spiro atoms. The second-order valence-corrected chi connectivity index (χ2v) is 5.67. The zero-order valence-corrected chi connectivity index (χ0v) is 15.0. The Kier molecular flexibility index (Phi) is 5.60. The van der Waals surface area contributed by atoms with Gasteiger partial charge in [0.25, 0.3) is 0 Å². The minimum atomic E-state index is -0.00727. The van der Waals surface area contributed by atoms with E-state index in [4.69, 9.17) is 25.8 Å². The Hall–Kier alpha value is -1.12. The molecule has 0 fully saturated rings. The van der Waals surface area contributed by atoms with Gasteiger partial charge in [0.15, 0.2) is 0 Å². The van der Waals surface area contributed by atoms with E-state index in [-0.39, 0.29) is 17.3 Å². The van der Waals surface area contributed by atoms with Crippen LogP contribution < -0.4 is 14.2 Å². The fraction of sp³-hybridized carbons (Fsp3) is 0.250. The molecule has 0 atom stereocenters. The lowest BCUT2D eigenvalue weighted by Crippen LogP contribution is -2.01. The molecule has 0 unspecified atom stereocenters. The van der Waals surface area contributed by atoms with Crippen LogP contribution in [0.25, 0.3) is 0 Å². The normalized spacial score (nSPS) is 10.3. The second kappa shape index (κ2) is 7.24. The number of halogens is 3. The van der Waals surface area contributed by atoms with Gasteiger partial charge in [-0.1, -0.05) is 0 Å². The minimum Gasteiger partial charge on any atom is -0.496 e. The SMILES string of the molecule is CCOc1nc(Cl)nc(Oc2cc(Br)c(OC)cc2Br)n1. The standard InChI is InChI=1S/C12H10Br2ClN3O3/c1-3-20-11-16-10(15)17-12(18-11)21-9-5-6(13)8(19-2)4-7(9)14/h4-5H,3H2,1-2H3. The molecule has 0 bridgehead atoms. The quantitative estimate of drug-likeness (QED) is 0.694. The molecule has 0 aliphatic carbocycles. The number of rotatable bonds is 5. The van der Waals surface area contributed by atoms with Gasteiger partial charge in [0.2, 0.25) is 5.28 Å². The maximum atomic E-state index is 5.81. The van der Waals surface area contributed by atoms with E-state index in [0.717, 1.165) is 4.47 Å². The lowest BCUT2D eigenvalue weighted by molar-refractivity contribution is 0.303. The molecule has 0 aliphatic heterocycles. The van der Waals surface area contributed by atoms with Crippen LogP contribution in [0, 0.1) is 0 Å². The number of methoxy groups -OCH3 is 1. The molecule has 112 valence electrons. The van der Waals surface area contributed by atoms with Crippen LogP contribution in [0.5, 0.6) is 23.5 Å². The molecule has 0 amide bonds. The first-order chi connectivity index (χ1) is 10.0. The van der Waals surface area contributed by atoms with Crippen molar-refractivity contribution in [1.29, 1.82) is 0 Å². The van der Waals surface area contributed by atoms with Crippen LogP contribution in [-0.2, 0) is 0 Å². The Morgan fingerprint density at radius 3 is 2.33 bits per heavy atom. The molecule has 21 heavy (non-hydrogen) atoms. The number of hydrogen-bond donors (Lipinski definition) is 0. The predicted octanol–water partition coefficient (Wildman–Crippen LogP) is 4.25. The van der Waals surface area contributed by atoms with Crippen molar-refractivity contribution in [3.8, 4) is 23.5 Å². The summed E-state index contributed by atoms with van der Waals surface area (Å²) >= 11 is 12.6. The summed E-state index contributed by atoms with van der Waals surface area (Å²) < 4.78 is 17.4. The van der Waals surface area contributed by atoms with Crippen LogP contribution in [0.15, 0.2) is 21.1 Å². The van der Waals surface area contributed by atoms with Gasteiger partial charge in [-0.2, -0.15) is 9.97 Å². The number of aromatic nitrogens is 3. The molecule has 1 heterocycles. The van der Waals surface area contributed by atoms with E-state index in [9.17, 15) is 0 Å². The molecule has 9 heteroatoms. The highest BCUT2D eigenvalue weighted by Crippen LogP contribution is 2.37. The Morgan fingerprint density at radius 2 is 1.67 bits per heavy atom. The van der Waals surface area contributed by atoms with Crippen molar-refractivity contribution in [2.24, 2.45) is 0 Å². The lowest BCUT2D eigenvalue weighted by atomic mass is 10.3. The second-order valence-electron chi connectivity index (χ2n) is 3.62. The maximum Gasteiger partial charge on any atom is 0.329 e. The van der Waals surface area contributed by atoms with Gasteiger partial charge in [-0.15, -0.1) is 4.98 Å². The van der Waals surface area contributed by atoms with E-state index in [2.05, 4.69) is 46.8 Å². The first-order valence-corrected chi connectivity index (χ1v) is 7.75. The smallest absolute Gasteiger partial charge is 0.329 e. The van der Waals surface area contributed by atoms with Gasteiger partial charge in [-0.25, -0.2) is 0 Å². The van der Waals surface area contributed by atoms with Gasteiger partial charge in [0.05, 0.1) is 22.7 Å². The summed E-state index contributed by atoms with van der Waals surface area (Å²) in [6.07, 6.45) is 0. The summed E-state index contributed by atoms with van der Waals surface area (Å²) in [5, 5.41) is -0.00727. The number of benzene rings is 1. The van der Waals surface area contributed by atoms with E-state index in [1.165, 1.54) is 0 Å². The predicted molar refractivity (Wildman–Crippen MR) is 84.5 cm³/mol. The Morgan fingerprint density at radius 1 is 1.05 bits per heavy atom. The van der Waals surface area contributed by atoms with Crippen molar-refractivity contribution in [2.75, 3.05) is 13.7 Å². The van der Waals surface area contributed by atoms with Crippen LogP contribution in [0.2, 0.25) is 5.28 Å². The fourth-order valence-corrected chi connectivity index (χ4v) is 2.43. The molecule has 6 nitrogen and oxygen atoms in total. The molecular weight excluding hydrogens is 429 g/mol. The summed E-state index contributed by atoms with van der Waals surface area (Å²) in [5.41, 5.74) is 0. The van der Waals surface area contributed by atoms with E-state index in [1.807, 2.05) is 6.92 Å². The molecule has 1 aromatic heterocycles. The summed E-state index contributed by atoms with van der Waals surface area (Å²) in [6, 6.07) is 3.62. The topological polar surface area (TPSA) is 66.4 Å². The van der Waals surface area contributed by atoms with Gasteiger partial charge in [-0.05, 0) is 56.5 Å². The molecule has 2 aromatic rings. The van der Waals surface area contributed by atoms with Gasteiger partial charge < -0.3 is 14.2 Å². The monoisotopic (exact) mass is 437 g/mol. The fourth-order valence-electron chi connectivity index (χ4n) is 1.40. The number of hydrogen-bond acceptors (Lipinski definition) is 6. The van der Waals surface area contributed by atoms with E-state index >= 15 is 0 Å². The largest absolute Gasteiger partial charge is 0.496 e. The van der Waals surface area contributed by atoms with Crippen molar-refractivity contribution >= 4 is 43.5 Å². The molecular formula is C12H10Br2ClN3O3. The summed E-state index contributed by atoms with van der Waals surface area (Å²) in [7, 11) is 1.58. The van der Waals surface area contributed by atoms with Crippen LogP contribution in [0.1, 0.15) is 6.92 Å². The van der Waals surface area contributed by atoms with E-state index in [1.54, 1.807) is 19.2 Å².